The highest BCUT2D eigenvalue weighted by molar-refractivity contribution is 5.62. The average Bonchev–Trinajstić information content (AvgIpc) is 2.81. The Hall–Kier alpha value is -2.30. The van der Waals surface area contributed by atoms with Crippen molar-refractivity contribution in [3.63, 3.8) is 0 Å². The van der Waals surface area contributed by atoms with Crippen LogP contribution in [0, 0.1) is 0 Å². The van der Waals surface area contributed by atoms with E-state index in [2.05, 4.69) is 4.98 Å². The topological polar surface area (TPSA) is 17.3 Å². The zero-order valence-electron chi connectivity index (χ0n) is 9.72. The third-order valence-corrected chi connectivity index (χ3v) is 2.86. The summed E-state index contributed by atoms with van der Waals surface area (Å²) in [7, 11) is 0. The summed E-state index contributed by atoms with van der Waals surface area (Å²) in [6.45, 7) is 0. The maximum Gasteiger partial charge on any atom is 0.416 e. The molecule has 0 aliphatic heterocycles. The molecule has 3 rings (SSSR count). The predicted molar refractivity (Wildman–Crippen MR) is 65.6 cm³/mol. The van der Waals surface area contributed by atoms with Crippen LogP contribution in [0.15, 0.2) is 54.9 Å². The highest BCUT2D eigenvalue weighted by Crippen LogP contribution is 2.30. The van der Waals surface area contributed by atoms with Crippen LogP contribution in [0.1, 0.15) is 5.56 Å². The molecule has 0 saturated carbocycles. The van der Waals surface area contributed by atoms with Crippen molar-refractivity contribution in [2.45, 2.75) is 6.18 Å². The minimum atomic E-state index is -4.35. The third-order valence-electron chi connectivity index (χ3n) is 2.86. The van der Waals surface area contributed by atoms with Crippen LogP contribution >= 0.6 is 0 Å². The van der Waals surface area contributed by atoms with Crippen molar-refractivity contribution in [3.05, 3.63) is 60.4 Å². The summed E-state index contributed by atoms with van der Waals surface area (Å²) in [6, 6.07) is 11.4. The number of hydrogen-bond donors (Lipinski definition) is 0. The Morgan fingerprint density at radius 1 is 1.00 bits per heavy atom. The van der Waals surface area contributed by atoms with E-state index in [1.165, 1.54) is 6.20 Å². The Bertz CT molecular complexity index is 714. The van der Waals surface area contributed by atoms with E-state index in [-0.39, 0.29) is 5.65 Å². The lowest BCUT2D eigenvalue weighted by atomic mass is 10.2. The fourth-order valence-corrected chi connectivity index (χ4v) is 1.91. The summed E-state index contributed by atoms with van der Waals surface area (Å²) in [6.07, 6.45) is -1.26. The molecule has 0 bridgehead atoms. The van der Waals surface area contributed by atoms with E-state index >= 15 is 0 Å². The minimum Gasteiger partial charge on any atom is -0.306 e. The van der Waals surface area contributed by atoms with Gasteiger partial charge in [-0.05, 0) is 12.1 Å². The summed E-state index contributed by atoms with van der Waals surface area (Å²) in [4.78, 5) is 4.22. The van der Waals surface area contributed by atoms with Gasteiger partial charge >= 0.3 is 6.18 Å². The quantitative estimate of drug-likeness (QED) is 0.647. The first-order valence-corrected chi connectivity index (χ1v) is 5.65. The molecule has 0 fully saturated rings. The predicted octanol–water partition coefficient (Wildman–Crippen LogP) is 4.02. The van der Waals surface area contributed by atoms with Gasteiger partial charge in [0, 0.05) is 18.0 Å². The minimum absolute atomic E-state index is 0.286. The lowest BCUT2D eigenvalue weighted by molar-refractivity contribution is -0.137. The fraction of sp³-hybridized carbons (Fsp3) is 0.0714. The van der Waals surface area contributed by atoms with Crippen molar-refractivity contribution in [1.29, 1.82) is 0 Å². The van der Waals surface area contributed by atoms with Gasteiger partial charge in [0.05, 0.1) is 11.3 Å². The lowest BCUT2D eigenvalue weighted by Gasteiger charge is -2.05. The molecule has 0 spiro atoms. The molecule has 0 radical (unpaired) electrons. The van der Waals surface area contributed by atoms with Gasteiger partial charge in [-0.25, -0.2) is 4.98 Å². The number of rotatable bonds is 1. The Morgan fingerprint density at radius 3 is 2.42 bits per heavy atom. The molecular weight excluding hydrogens is 253 g/mol. The number of alkyl halides is 3. The number of fused-ring (bicyclic) bond motifs is 1. The van der Waals surface area contributed by atoms with Crippen LogP contribution in [0.2, 0.25) is 0 Å². The maximum absolute atomic E-state index is 12.6. The lowest BCUT2D eigenvalue weighted by Crippen LogP contribution is -2.05. The first-order chi connectivity index (χ1) is 9.04. The van der Waals surface area contributed by atoms with Crippen molar-refractivity contribution in [3.8, 4) is 11.3 Å². The number of nitrogens with zero attached hydrogens (tertiary/aromatic N) is 2. The second kappa shape index (κ2) is 4.12. The van der Waals surface area contributed by atoms with E-state index in [1.54, 1.807) is 10.6 Å². The van der Waals surface area contributed by atoms with Crippen molar-refractivity contribution >= 4 is 5.65 Å². The van der Waals surface area contributed by atoms with Crippen molar-refractivity contribution in [1.82, 2.24) is 9.38 Å². The van der Waals surface area contributed by atoms with Crippen molar-refractivity contribution < 1.29 is 13.2 Å². The molecule has 2 nitrogen and oxygen atoms in total. The molecule has 0 aliphatic rings. The van der Waals surface area contributed by atoms with Gasteiger partial charge in [-0.2, -0.15) is 13.2 Å². The summed E-state index contributed by atoms with van der Waals surface area (Å²) in [5.41, 5.74) is 1.12. The maximum atomic E-state index is 12.6. The molecule has 0 saturated heterocycles. The average molecular weight is 262 g/mol. The van der Waals surface area contributed by atoms with Gasteiger partial charge < -0.3 is 4.40 Å². The standard InChI is InChI=1S/C14H9F3N2/c15-14(16,17)11-6-7-19-9-12(18-13(19)8-11)10-4-2-1-3-5-10/h1-9H. The number of aromatic nitrogens is 2. The number of imidazole rings is 1. The van der Waals surface area contributed by atoms with Crippen LogP contribution in [0.3, 0.4) is 0 Å². The number of halogens is 3. The highest BCUT2D eigenvalue weighted by Gasteiger charge is 2.30. The molecule has 0 atom stereocenters. The second-order valence-electron chi connectivity index (χ2n) is 4.17. The van der Waals surface area contributed by atoms with E-state index in [9.17, 15) is 13.2 Å². The molecular formula is C14H9F3N2. The Morgan fingerprint density at radius 2 is 1.74 bits per heavy atom. The van der Waals surface area contributed by atoms with Gasteiger partial charge in [0.25, 0.3) is 0 Å². The molecule has 2 aromatic heterocycles. The smallest absolute Gasteiger partial charge is 0.306 e. The summed E-state index contributed by atoms with van der Waals surface area (Å²) in [5.74, 6) is 0. The SMILES string of the molecule is FC(F)(F)c1ccn2cc(-c3ccccc3)nc2c1. The second-order valence-corrected chi connectivity index (χ2v) is 4.17. The zero-order chi connectivity index (χ0) is 13.5. The highest BCUT2D eigenvalue weighted by atomic mass is 19.4. The van der Waals surface area contributed by atoms with Gasteiger partial charge in [-0.15, -0.1) is 0 Å². The van der Waals surface area contributed by atoms with Crippen LogP contribution in [-0.4, -0.2) is 9.38 Å². The van der Waals surface area contributed by atoms with Gasteiger partial charge in [-0.3, -0.25) is 0 Å². The monoisotopic (exact) mass is 262 g/mol. The normalized spacial score (nSPS) is 11.9. The zero-order valence-corrected chi connectivity index (χ0v) is 9.72. The molecule has 3 aromatic rings. The third kappa shape index (κ3) is 2.19. The molecule has 2 heterocycles. The summed E-state index contributed by atoms with van der Waals surface area (Å²) in [5, 5.41) is 0. The van der Waals surface area contributed by atoms with Crippen molar-refractivity contribution in [2.24, 2.45) is 0 Å². The fourth-order valence-electron chi connectivity index (χ4n) is 1.91. The van der Waals surface area contributed by atoms with Crippen LogP contribution in [0.4, 0.5) is 13.2 Å². The van der Waals surface area contributed by atoms with E-state index < -0.39 is 11.7 Å². The molecule has 96 valence electrons. The van der Waals surface area contributed by atoms with Gasteiger partial charge in [0.2, 0.25) is 0 Å². The van der Waals surface area contributed by atoms with E-state index in [0.29, 0.717) is 5.69 Å². The summed E-state index contributed by atoms with van der Waals surface area (Å²) < 4.78 is 39.4. The molecule has 0 N–H and O–H groups in total. The Kier molecular flexibility index (Phi) is 2.55. The van der Waals surface area contributed by atoms with Crippen LogP contribution in [0.25, 0.3) is 16.9 Å². The molecule has 0 aliphatic carbocycles. The van der Waals surface area contributed by atoms with Crippen molar-refractivity contribution in [2.75, 3.05) is 0 Å². The molecule has 5 heteroatoms. The Labute approximate surface area is 107 Å². The molecule has 1 aromatic carbocycles. The number of benzene rings is 1. The van der Waals surface area contributed by atoms with Gasteiger partial charge in [-0.1, -0.05) is 30.3 Å². The largest absolute Gasteiger partial charge is 0.416 e. The molecule has 0 amide bonds. The first-order valence-electron chi connectivity index (χ1n) is 5.65. The number of hydrogen-bond acceptors (Lipinski definition) is 1. The van der Waals surface area contributed by atoms with E-state index in [4.69, 9.17) is 0 Å². The summed E-state index contributed by atoms with van der Waals surface area (Å²) >= 11 is 0. The molecule has 19 heavy (non-hydrogen) atoms. The van der Waals surface area contributed by atoms with Crippen LogP contribution in [0.5, 0.6) is 0 Å². The van der Waals surface area contributed by atoms with Gasteiger partial charge in [0.15, 0.2) is 0 Å². The Balaban J connectivity index is 2.12. The molecule has 0 unspecified atom stereocenters. The van der Waals surface area contributed by atoms with E-state index in [1.807, 2.05) is 30.3 Å². The number of pyridine rings is 1. The van der Waals surface area contributed by atoms with Gasteiger partial charge in [0.1, 0.15) is 5.65 Å². The van der Waals surface area contributed by atoms with E-state index in [0.717, 1.165) is 17.7 Å². The van der Waals surface area contributed by atoms with Crippen LogP contribution < -0.4 is 0 Å². The van der Waals surface area contributed by atoms with Crippen LogP contribution in [-0.2, 0) is 6.18 Å². The first kappa shape index (κ1) is 11.8.